The number of benzene rings is 1. The molecule has 0 aliphatic carbocycles. The van der Waals surface area contributed by atoms with Gasteiger partial charge >= 0.3 is 6.18 Å². The van der Waals surface area contributed by atoms with Gasteiger partial charge in [0, 0.05) is 0 Å². The summed E-state index contributed by atoms with van der Waals surface area (Å²) in [7, 11) is 0. The van der Waals surface area contributed by atoms with E-state index in [1.165, 1.54) is 6.92 Å². The lowest BCUT2D eigenvalue weighted by Gasteiger charge is -2.14. The van der Waals surface area contributed by atoms with Gasteiger partial charge in [0.25, 0.3) is 0 Å². The molecule has 100 valence electrons. The minimum atomic E-state index is -4.54. The minimum absolute atomic E-state index is 0.0444. The van der Waals surface area contributed by atoms with Crippen LogP contribution in [0.2, 0.25) is 10.0 Å². The summed E-state index contributed by atoms with van der Waals surface area (Å²) in [5.74, 6) is -0.166. The number of hydrogen-bond acceptors (Lipinski definition) is 1. The molecule has 0 radical (unpaired) electrons. The Labute approximate surface area is 117 Å². The first-order chi connectivity index (χ1) is 8.18. The highest BCUT2D eigenvalue weighted by Crippen LogP contribution is 2.43. The third-order valence-electron chi connectivity index (χ3n) is 2.15. The van der Waals surface area contributed by atoms with Crippen molar-refractivity contribution in [3.8, 4) is 0 Å². The molecule has 0 aliphatic rings. The van der Waals surface area contributed by atoms with Gasteiger partial charge < -0.3 is 5.73 Å². The second-order valence-corrected chi connectivity index (χ2v) is 4.48. The summed E-state index contributed by atoms with van der Waals surface area (Å²) in [5, 5.41) is -0.328. The Morgan fingerprint density at radius 1 is 1.39 bits per heavy atom. The van der Waals surface area contributed by atoms with Crippen LogP contribution >= 0.6 is 34.8 Å². The Morgan fingerprint density at radius 2 is 1.94 bits per heavy atom. The third-order valence-corrected chi connectivity index (χ3v) is 3.20. The molecule has 0 atom stereocenters. The zero-order chi connectivity index (χ0) is 14.1. The van der Waals surface area contributed by atoms with E-state index in [-0.39, 0.29) is 33.0 Å². The predicted octanol–water partition coefficient (Wildman–Crippen LogP) is 4.55. The Bertz CT molecular complexity index is 498. The molecule has 8 heteroatoms. The Kier molecular flexibility index (Phi) is 4.75. The second kappa shape index (κ2) is 5.55. The van der Waals surface area contributed by atoms with Gasteiger partial charge in [0.05, 0.1) is 27.2 Å². The normalized spacial score (nSPS) is 12.9. The van der Waals surface area contributed by atoms with Crippen LogP contribution in [0.15, 0.2) is 11.1 Å². The lowest BCUT2D eigenvalue weighted by Crippen LogP contribution is -2.13. The van der Waals surface area contributed by atoms with Gasteiger partial charge in [0.2, 0.25) is 0 Å². The topological polar surface area (TPSA) is 38.4 Å². The van der Waals surface area contributed by atoms with Crippen molar-refractivity contribution in [1.29, 1.82) is 0 Å². The Balaban J connectivity index is 3.56. The molecule has 2 nitrogen and oxygen atoms in total. The smallest absolute Gasteiger partial charge is 0.386 e. The van der Waals surface area contributed by atoms with Crippen LogP contribution in [-0.2, 0) is 6.18 Å². The van der Waals surface area contributed by atoms with Crippen LogP contribution in [0, 0.1) is 6.92 Å². The molecular weight excluding hydrogens is 311 g/mol. The van der Waals surface area contributed by atoms with E-state index < -0.39 is 11.7 Å². The second-order valence-electron chi connectivity index (χ2n) is 3.43. The number of alkyl halides is 4. The fourth-order valence-corrected chi connectivity index (χ4v) is 1.80. The van der Waals surface area contributed by atoms with Crippen molar-refractivity contribution < 1.29 is 13.2 Å². The fourth-order valence-electron chi connectivity index (χ4n) is 1.30. The molecule has 1 aromatic rings. The maximum absolute atomic E-state index is 12.8. The number of amidine groups is 1. The van der Waals surface area contributed by atoms with Crippen LogP contribution < -0.4 is 5.73 Å². The van der Waals surface area contributed by atoms with Gasteiger partial charge in [-0.3, -0.25) is 0 Å². The van der Waals surface area contributed by atoms with Crippen LogP contribution in [0.5, 0.6) is 0 Å². The van der Waals surface area contributed by atoms with Crippen LogP contribution in [0.25, 0.3) is 0 Å². The summed E-state index contributed by atoms with van der Waals surface area (Å²) >= 11 is 16.9. The predicted molar refractivity (Wildman–Crippen MR) is 68.2 cm³/mol. The van der Waals surface area contributed by atoms with E-state index in [1.807, 2.05) is 0 Å². The third kappa shape index (κ3) is 3.22. The molecule has 0 amide bonds. The largest absolute Gasteiger partial charge is 0.416 e. The van der Waals surface area contributed by atoms with Crippen LogP contribution in [0.4, 0.5) is 18.9 Å². The zero-order valence-corrected chi connectivity index (χ0v) is 11.3. The van der Waals surface area contributed by atoms with E-state index >= 15 is 0 Å². The van der Waals surface area contributed by atoms with E-state index in [0.29, 0.717) is 0 Å². The minimum Gasteiger partial charge on any atom is -0.386 e. The molecular formula is C10H8Cl3F3N2. The molecule has 0 fully saturated rings. The van der Waals surface area contributed by atoms with Crippen molar-refractivity contribution in [3.63, 3.8) is 0 Å². The first-order valence-corrected chi connectivity index (χ1v) is 5.92. The summed E-state index contributed by atoms with van der Waals surface area (Å²) in [6.07, 6.45) is -4.54. The Hall–Kier alpha value is -0.650. The fraction of sp³-hybridized carbons (Fsp3) is 0.300. The number of aliphatic imine (C=N–C) groups is 1. The van der Waals surface area contributed by atoms with Crippen molar-refractivity contribution in [1.82, 2.24) is 0 Å². The molecule has 0 bridgehead atoms. The number of hydrogen-bond donors (Lipinski definition) is 1. The van der Waals surface area contributed by atoms with E-state index in [4.69, 9.17) is 40.5 Å². The van der Waals surface area contributed by atoms with Gasteiger partial charge in [-0.2, -0.15) is 13.2 Å². The van der Waals surface area contributed by atoms with E-state index in [1.54, 1.807) is 0 Å². The quantitative estimate of drug-likeness (QED) is 0.485. The molecule has 18 heavy (non-hydrogen) atoms. The zero-order valence-electron chi connectivity index (χ0n) is 9.08. The van der Waals surface area contributed by atoms with E-state index in [9.17, 15) is 13.2 Å². The maximum Gasteiger partial charge on any atom is 0.416 e. The first kappa shape index (κ1) is 15.4. The molecule has 2 N–H and O–H groups in total. The lowest BCUT2D eigenvalue weighted by atomic mass is 10.1. The van der Waals surface area contributed by atoms with Crippen LogP contribution in [-0.4, -0.2) is 11.7 Å². The van der Waals surface area contributed by atoms with Gasteiger partial charge in [-0.05, 0) is 18.6 Å². The maximum atomic E-state index is 12.8. The van der Waals surface area contributed by atoms with Gasteiger partial charge in [0.15, 0.2) is 0 Å². The van der Waals surface area contributed by atoms with Crippen molar-refractivity contribution in [2.24, 2.45) is 10.7 Å². The number of halogens is 6. The molecule has 1 rings (SSSR count). The SMILES string of the molecule is Cc1c(C(F)(F)F)cc(Cl)c(Cl)c1N=C(N)CCl. The highest BCUT2D eigenvalue weighted by Gasteiger charge is 2.34. The molecule has 1 aromatic carbocycles. The average Bonchev–Trinajstić information content (AvgIpc) is 2.27. The molecule has 0 unspecified atom stereocenters. The monoisotopic (exact) mass is 318 g/mol. The van der Waals surface area contributed by atoms with Gasteiger partial charge in [-0.25, -0.2) is 4.99 Å². The molecule has 0 saturated heterocycles. The van der Waals surface area contributed by atoms with Crippen LogP contribution in [0.3, 0.4) is 0 Å². The van der Waals surface area contributed by atoms with Crippen molar-refractivity contribution in [2.45, 2.75) is 13.1 Å². The molecule has 0 aromatic heterocycles. The first-order valence-electron chi connectivity index (χ1n) is 4.63. The molecule has 0 heterocycles. The lowest BCUT2D eigenvalue weighted by molar-refractivity contribution is -0.138. The van der Waals surface area contributed by atoms with Crippen molar-refractivity contribution >= 4 is 46.3 Å². The van der Waals surface area contributed by atoms with Gasteiger partial charge in [-0.1, -0.05) is 23.2 Å². The summed E-state index contributed by atoms with van der Waals surface area (Å²) in [6, 6.07) is 0.759. The summed E-state index contributed by atoms with van der Waals surface area (Å²) in [4.78, 5) is 3.76. The summed E-state index contributed by atoms with van der Waals surface area (Å²) in [5.41, 5.74) is 4.22. The van der Waals surface area contributed by atoms with Crippen LogP contribution in [0.1, 0.15) is 11.1 Å². The highest BCUT2D eigenvalue weighted by molar-refractivity contribution is 6.44. The Morgan fingerprint density at radius 3 is 2.39 bits per heavy atom. The van der Waals surface area contributed by atoms with E-state index in [0.717, 1.165) is 6.07 Å². The molecule has 0 aliphatic heterocycles. The van der Waals surface area contributed by atoms with Crippen molar-refractivity contribution in [2.75, 3.05) is 5.88 Å². The number of nitrogens with zero attached hydrogens (tertiary/aromatic N) is 1. The number of nitrogens with two attached hydrogens (primary N) is 1. The van der Waals surface area contributed by atoms with Gasteiger partial charge in [0.1, 0.15) is 5.84 Å². The van der Waals surface area contributed by atoms with Gasteiger partial charge in [-0.15, -0.1) is 11.6 Å². The summed E-state index contributed by atoms with van der Waals surface area (Å²) < 4.78 is 38.3. The summed E-state index contributed by atoms with van der Waals surface area (Å²) in [6.45, 7) is 1.24. The average molecular weight is 320 g/mol. The standard InChI is InChI=1S/C10H8Cl3F3N2/c1-4-5(10(14,15)16)2-6(12)8(13)9(4)18-7(17)3-11/h2H,3H2,1H3,(H2,17,18). The molecule has 0 saturated carbocycles. The van der Waals surface area contributed by atoms with E-state index in [2.05, 4.69) is 4.99 Å². The number of rotatable bonds is 2. The van der Waals surface area contributed by atoms with Crippen molar-refractivity contribution in [3.05, 3.63) is 27.2 Å². The molecule has 0 spiro atoms. The highest BCUT2D eigenvalue weighted by atomic mass is 35.5.